The highest BCUT2D eigenvalue weighted by Gasteiger charge is 2.32. The highest BCUT2D eigenvalue weighted by atomic mass is 19.4. The SMILES string of the molecule is FC(F)(F)c1ccc(N2CCC[C@H](C[C@@H]3CCCC[C@H]3Nc3cc4ccccc4cn3)C2)cc1. The van der Waals surface area contributed by atoms with Crippen molar-refractivity contribution in [2.75, 3.05) is 23.3 Å². The first kappa shape index (κ1) is 23.0. The van der Waals surface area contributed by atoms with E-state index in [1.54, 1.807) is 12.1 Å². The van der Waals surface area contributed by atoms with Gasteiger partial charge in [0.15, 0.2) is 0 Å². The first-order valence-corrected chi connectivity index (χ1v) is 12.5. The van der Waals surface area contributed by atoms with Crippen LogP contribution >= 0.6 is 0 Å². The summed E-state index contributed by atoms with van der Waals surface area (Å²) in [4.78, 5) is 6.93. The average Bonchev–Trinajstić information content (AvgIpc) is 2.85. The number of piperidine rings is 1. The molecule has 1 aliphatic heterocycles. The highest BCUT2D eigenvalue weighted by molar-refractivity contribution is 5.83. The minimum Gasteiger partial charge on any atom is -0.371 e. The van der Waals surface area contributed by atoms with E-state index >= 15 is 0 Å². The van der Waals surface area contributed by atoms with E-state index in [9.17, 15) is 13.2 Å². The summed E-state index contributed by atoms with van der Waals surface area (Å²) in [6.45, 7) is 1.83. The van der Waals surface area contributed by atoms with E-state index in [2.05, 4.69) is 39.5 Å². The van der Waals surface area contributed by atoms with Crippen molar-refractivity contribution in [1.82, 2.24) is 4.98 Å². The number of anilines is 2. The normalized spacial score (nSPS) is 23.7. The largest absolute Gasteiger partial charge is 0.416 e. The molecule has 3 nitrogen and oxygen atoms in total. The predicted molar refractivity (Wildman–Crippen MR) is 132 cm³/mol. The van der Waals surface area contributed by atoms with Gasteiger partial charge in [-0.2, -0.15) is 13.2 Å². The summed E-state index contributed by atoms with van der Waals surface area (Å²) in [6, 6.07) is 16.5. The summed E-state index contributed by atoms with van der Waals surface area (Å²) in [5.41, 5.74) is 0.319. The van der Waals surface area contributed by atoms with Crippen LogP contribution in [0, 0.1) is 11.8 Å². The Morgan fingerprint density at radius 2 is 1.68 bits per heavy atom. The van der Waals surface area contributed by atoms with E-state index in [-0.39, 0.29) is 0 Å². The highest BCUT2D eigenvalue weighted by Crippen LogP contribution is 2.36. The van der Waals surface area contributed by atoms with Crippen molar-refractivity contribution in [1.29, 1.82) is 0 Å². The van der Waals surface area contributed by atoms with Gasteiger partial charge in [-0.05, 0) is 79.7 Å². The van der Waals surface area contributed by atoms with Crippen LogP contribution in [0.2, 0.25) is 0 Å². The zero-order chi connectivity index (χ0) is 23.5. The summed E-state index contributed by atoms with van der Waals surface area (Å²) in [7, 11) is 0. The number of rotatable bonds is 5. The van der Waals surface area contributed by atoms with Crippen LogP contribution in [0.5, 0.6) is 0 Å². The molecule has 1 aromatic heterocycles. The molecule has 0 spiro atoms. The predicted octanol–water partition coefficient (Wildman–Crippen LogP) is 7.53. The first-order valence-electron chi connectivity index (χ1n) is 12.5. The van der Waals surface area contributed by atoms with Crippen molar-refractivity contribution >= 4 is 22.3 Å². The molecule has 5 rings (SSSR count). The van der Waals surface area contributed by atoms with Gasteiger partial charge in [0.05, 0.1) is 5.56 Å². The number of halogens is 3. The topological polar surface area (TPSA) is 28.2 Å². The van der Waals surface area contributed by atoms with E-state index in [0.29, 0.717) is 17.9 Å². The number of hydrogen-bond acceptors (Lipinski definition) is 3. The Morgan fingerprint density at radius 3 is 2.47 bits per heavy atom. The van der Waals surface area contributed by atoms with Crippen LogP contribution in [0.4, 0.5) is 24.7 Å². The Balaban J connectivity index is 1.23. The van der Waals surface area contributed by atoms with E-state index in [1.165, 1.54) is 43.2 Å². The van der Waals surface area contributed by atoms with Crippen LogP contribution in [0.25, 0.3) is 10.8 Å². The Kier molecular flexibility index (Phi) is 6.66. The van der Waals surface area contributed by atoms with E-state index < -0.39 is 11.7 Å². The number of benzene rings is 2. The quantitative estimate of drug-likeness (QED) is 0.420. The molecule has 34 heavy (non-hydrogen) atoms. The fraction of sp³-hybridized carbons (Fsp3) is 0.464. The summed E-state index contributed by atoms with van der Waals surface area (Å²) in [5, 5.41) is 6.10. The number of pyridine rings is 1. The second-order valence-corrected chi connectivity index (χ2v) is 9.95. The van der Waals surface area contributed by atoms with Crippen LogP contribution in [-0.4, -0.2) is 24.1 Å². The van der Waals surface area contributed by atoms with Gasteiger partial charge < -0.3 is 10.2 Å². The third kappa shape index (κ3) is 5.31. The average molecular weight is 468 g/mol. The molecule has 2 aliphatic rings. The number of nitrogens with zero attached hydrogens (tertiary/aromatic N) is 2. The van der Waals surface area contributed by atoms with Crippen LogP contribution in [0.3, 0.4) is 0 Å². The van der Waals surface area contributed by atoms with E-state index in [4.69, 9.17) is 0 Å². The molecule has 0 radical (unpaired) electrons. The molecule has 6 heteroatoms. The zero-order valence-corrected chi connectivity index (χ0v) is 19.4. The lowest BCUT2D eigenvalue weighted by Gasteiger charge is -2.39. The van der Waals surface area contributed by atoms with Gasteiger partial charge in [0.25, 0.3) is 0 Å². The van der Waals surface area contributed by atoms with Crippen LogP contribution < -0.4 is 10.2 Å². The Labute approximate surface area is 199 Å². The lowest BCUT2D eigenvalue weighted by atomic mass is 9.77. The summed E-state index contributed by atoms with van der Waals surface area (Å²) >= 11 is 0. The Morgan fingerprint density at radius 1 is 0.912 bits per heavy atom. The lowest BCUT2D eigenvalue weighted by molar-refractivity contribution is -0.137. The zero-order valence-electron chi connectivity index (χ0n) is 19.4. The number of fused-ring (bicyclic) bond motifs is 1. The van der Waals surface area contributed by atoms with Crippen molar-refractivity contribution in [3.8, 4) is 0 Å². The first-order chi connectivity index (χ1) is 16.5. The van der Waals surface area contributed by atoms with E-state index in [1.807, 2.05) is 12.3 Å². The molecule has 3 atom stereocenters. The molecule has 2 fully saturated rings. The molecule has 0 bridgehead atoms. The van der Waals surface area contributed by atoms with Crippen molar-refractivity contribution in [2.45, 2.75) is 57.2 Å². The smallest absolute Gasteiger partial charge is 0.371 e. The maximum Gasteiger partial charge on any atom is 0.416 e. The lowest BCUT2D eigenvalue weighted by Crippen LogP contribution is -2.39. The number of alkyl halides is 3. The van der Waals surface area contributed by atoms with Gasteiger partial charge in [-0.25, -0.2) is 4.98 Å². The van der Waals surface area contributed by atoms with Gasteiger partial charge in [0.1, 0.15) is 5.82 Å². The Hall–Kier alpha value is -2.76. The van der Waals surface area contributed by atoms with Crippen molar-refractivity contribution in [3.05, 3.63) is 66.4 Å². The monoisotopic (exact) mass is 467 g/mol. The van der Waals surface area contributed by atoms with Gasteiger partial charge in [0, 0.05) is 36.4 Å². The van der Waals surface area contributed by atoms with Crippen LogP contribution in [-0.2, 0) is 6.18 Å². The molecule has 1 aliphatic carbocycles. The van der Waals surface area contributed by atoms with E-state index in [0.717, 1.165) is 49.2 Å². The molecule has 3 aromatic rings. The molecule has 2 aromatic carbocycles. The van der Waals surface area contributed by atoms with Crippen LogP contribution in [0.1, 0.15) is 50.5 Å². The third-order valence-corrected chi connectivity index (χ3v) is 7.59. The number of nitrogens with one attached hydrogen (secondary N) is 1. The summed E-state index contributed by atoms with van der Waals surface area (Å²) in [6.07, 6.45) is 5.98. The second kappa shape index (κ2) is 9.85. The Bertz CT molecular complexity index is 1100. The second-order valence-electron chi connectivity index (χ2n) is 9.95. The molecular formula is C28H32F3N3. The van der Waals surface area contributed by atoms with Crippen LogP contribution in [0.15, 0.2) is 60.8 Å². The fourth-order valence-corrected chi connectivity index (χ4v) is 5.81. The van der Waals surface area contributed by atoms with Crippen molar-refractivity contribution < 1.29 is 13.2 Å². The molecule has 1 saturated heterocycles. The number of hydrogen-bond donors (Lipinski definition) is 1. The van der Waals surface area contributed by atoms with Gasteiger partial charge in [0.2, 0.25) is 0 Å². The van der Waals surface area contributed by atoms with Crippen molar-refractivity contribution in [3.63, 3.8) is 0 Å². The number of aromatic nitrogens is 1. The molecule has 1 N–H and O–H groups in total. The standard InChI is InChI=1S/C28H32F3N3/c29-28(30,31)24-11-13-25(14-12-24)34-15-5-6-20(19-34)16-22-8-3-4-10-26(22)33-27-17-21-7-1-2-9-23(21)18-32-27/h1-2,7,9,11-14,17-18,20,22,26H,3-6,8,10,15-16,19H2,(H,32,33)/t20-,22+,26-/m1/s1. The third-order valence-electron chi connectivity index (χ3n) is 7.59. The minimum absolute atomic E-state index is 0.420. The molecule has 0 unspecified atom stereocenters. The maximum absolute atomic E-state index is 12.9. The maximum atomic E-state index is 12.9. The fourth-order valence-electron chi connectivity index (χ4n) is 5.81. The molecule has 2 heterocycles. The van der Waals surface area contributed by atoms with Gasteiger partial charge in [-0.1, -0.05) is 37.1 Å². The summed E-state index contributed by atoms with van der Waals surface area (Å²) in [5.74, 6) is 2.11. The molecular weight excluding hydrogens is 435 g/mol. The summed E-state index contributed by atoms with van der Waals surface area (Å²) < 4.78 is 38.8. The van der Waals surface area contributed by atoms with Crippen molar-refractivity contribution in [2.24, 2.45) is 11.8 Å². The van der Waals surface area contributed by atoms with Gasteiger partial charge in [-0.3, -0.25) is 0 Å². The van der Waals surface area contributed by atoms with Gasteiger partial charge >= 0.3 is 6.18 Å². The minimum atomic E-state index is -4.29. The molecule has 0 amide bonds. The molecule has 180 valence electrons. The molecule has 1 saturated carbocycles. The van der Waals surface area contributed by atoms with Gasteiger partial charge in [-0.15, -0.1) is 0 Å².